The molecule has 0 saturated carbocycles. The smallest absolute Gasteiger partial charge is 0.422 e. The number of nitrogens with zero attached hydrogens (tertiary/aromatic N) is 4. The average molecular weight is 383 g/mol. The number of anilines is 1. The van der Waals surface area contributed by atoms with E-state index in [-0.39, 0.29) is 12.4 Å². The summed E-state index contributed by atoms with van der Waals surface area (Å²) in [4.78, 5) is 4.53. The highest BCUT2D eigenvalue weighted by Crippen LogP contribution is 2.29. The van der Waals surface area contributed by atoms with Crippen LogP contribution in [0.1, 0.15) is 11.3 Å². The average Bonchev–Trinajstić information content (AvgIpc) is 3.06. The van der Waals surface area contributed by atoms with Crippen molar-refractivity contribution in [2.45, 2.75) is 19.6 Å². The van der Waals surface area contributed by atoms with Gasteiger partial charge in [-0.15, -0.1) is 0 Å². The second kappa shape index (κ2) is 7.01. The predicted molar refractivity (Wildman–Crippen MR) is 94.1 cm³/mol. The molecule has 10 heteroatoms. The Bertz CT molecular complexity index is 962. The summed E-state index contributed by atoms with van der Waals surface area (Å²) >= 11 is 0. The molecule has 0 aliphatic heterocycles. The van der Waals surface area contributed by atoms with Gasteiger partial charge in [0.2, 0.25) is 11.8 Å². The topological polar surface area (TPSA) is 66.1 Å². The first kappa shape index (κ1) is 18.9. The summed E-state index contributed by atoms with van der Waals surface area (Å²) < 4.78 is 51.0. The number of para-hydroxylation sites is 1. The van der Waals surface area contributed by atoms with Gasteiger partial charge >= 0.3 is 6.18 Å². The molecule has 1 aromatic carbocycles. The Hall–Kier alpha value is -2.91. The van der Waals surface area contributed by atoms with Gasteiger partial charge in [-0.2, -0.15) is 18.3 Å². The van der Waals surface area contributed by atoms with Gasteiger partial charge in [-0.3, -0.25) is 0 Å². The molecule has 2 heterocycles. The van der Waals surface area contributed by atoms with E-state index < -0.39 is 12.8 Å². The van der Waals surface area contributed by atoms with E-state index in [0.29, 0.717) is 28.5 Å². The number of fused-ring (bicyclic) bond motifs is 1. The number of hydrogen-bond donors (Lipinski definition) is 1. The van der Waals surface area contributed by atoms with Gasteiger partial charge in [-0.05, 0) is 19.1 Å². The molecule has 0 atom stereocenters. The van der Waals surface area contributed by atoms with Crippen molar-refractivity contribution < 1.29 is 22.6 Å². The first-order chi connectivity index (χ1) is 12.7. The minimum Gasteiger partial charge on any atom is -0.494 e. The summed E-state index contributed by atoms with van der Waals surface area (Å²) in [6.07, 6.45) is -4.42. The van der Waals surface area contributed by atoms with E-state index in [1.807, 2.05) is 29.8 Å². The van der Waals surface area contributed by atoms with Crippen molar-refractivity contribution in [3.05, 3.63) is 29.5 Å². The van der Waals surface area contributed by atoms with Crippen LogP contribution in [0.15, 0.2) is 18.2 Å². The lowest BCUT2D eigenvalue weighted by Crippen LogP contribution is -2.21. The van der Waals surface area contributed by atoms with Crippen LogP contribution in [-0.4, -0.2) is 39.2 Å². The number of aromatic nitrogens is 4. The van der Waals surface area contributed by atoms with Crippen molar-refractivity contribution in [1.82, 2.24) is 19.3 Å². The molecule has 0 spiro atoms. The number of rotatable bonds is 6. The number of aryl methyl sites for hydroxylation is 3. The monoisotopic (exact) mass is 383 g/mol. The van der Waals surface area contributed by atoms with E-state index in [0.717, 1.165) is 5.52 Å². The first-order valence-corrected chi connectivity index (χ1v) is 8.16. The molecule has 0 radical (unpaired) electrons. The van der Waals surface area contributed by atoms with E-state index in [4.69, 9.17) is 9.47 Å². The zero-order chi connectivity index (χ0) is 19.8. The lowest BCUT2D eigenvalue weighted by atomic mass is 10.2. The normalized spacial score (nSPS) is 11.8. The van der Waals surface area contributed by atoms with Gasteiger partial charge in [0, 0.05) is 14.1 Å². The number of benzene rings is 1. The Morgan fingerprint density at radius 2 is 1.96 bits per heavy atom. The zero-order valence-corrected chi connectivity index (χ0v) is 15.4. The van der Waals surface area contributed by atoms with Crippen molar-refractivity contribution in [1.29, 1.82) is 0 Å². The van der Waals surface area contributed by atoms with Crippen molar-refractivity contribution in [3.63, 3.8) is 0 Å². The fourth-order valence-electron chi connectivity index (χ4n) is 2.89. The maximum Gasteiger partial charge on any atom is 0.422 e. The molecule has 1 N–H and O–H groups in total. The van der Waals surface area contributed by atoms with E-state index in [2.05, 4.69) is 15.4 Å². The fraction of sp³-hybridized carbons (Fsp3) is 0.412. The summed E-state index contributed by atoms with van der Waals surface area (Å²) in [5.41, 5.74) is 2.69. The number of nitrogens with one attached hydrogen (secondary N) is 1. The van der Waals surface area contributed by atoms with Crippen LogP contribution >= 0.6 is 0 Å². The third kappa shape index (κ3) is 3.79. The Balaban J connectivity index is 1.85. The van der Waals surface area contributed by atoms with Gasteiger partial charge in [-0.25, -0.2) is 9.67 Å². The Labute approximate surface area is 153 Å². The van der Waals surface area contributed by atoms with Gasteiger partial charge in [0.05, 0.1) is 30.4 Å². The molecule has 7 nitrogen and oxygen atoms in total. The van der Waals surface area contributed by atoms with Crippen LogP contribution in [0.2, 0.25) is 0 Å². The second-order valence-electron chi connectivity index (χ2n) is 6.07. The van der Waals surface area contributed by atoms with Crippen LogP contribution in [0.5, 0.6) is 11.6 Å². The molecular weight excluding hydrogens is 363 g/mol. The first-order valence-electron chi connectivity index (χ1n) is 8.16. The highest BCUT2D eigenvalue weighted by atomic mass is 19.4. The van der Waals surface area contributed by atoms with Crippen molar-refractivity contribution in [2.75, 3.05) is 19.0 Å². The highest BCUT2D eigenvalue weighted by Gasteiger charge is 2.30. The van der Waals surface area contributed by atoms with Crippen molar-refractivity contribution in [2.24, 2.45) is 14.1 Å². The number of hydrogen-bond acceptors (Lipinski definition) is 5. The quantitative estimate of drug-likeness (QED) is 0.708. The molecule has 146 valence electrons. The molecule has 0 unspecified atom stereocenters. The maximum atomic E-state index is 12.5. The molecule has 2 aromatic heterocycles. The maximum absolute atomic E-state index is 12.5. The fourth-order valence-corrected chi connectivity index (χ4v) is 2.89. The lowest BCUT2D eigenvalue weighted by Gasteiger charge is -2.12. The van der Waals surface area contributed by atoms with Gasteiger partial charge in [0.25, 0.3) is 0 Å². The van der Waals surface area contributed by atoms with Gasteiger partial charge in [0.1, 0.15) is 11.3 Å². The summed E-state index contributed by atoms with van der Waals surface area (Å²) in [7, 11) is 4.95. The Morgan fingerprint density at radius 1 is 1.22 bits per heavy atom. The summed E-state index contributed by atoms with van der Waals surface area (Å²) in [5.74, 6) is 1.27. The summed E-state index contributed by atoms with van der Waals surface area (Å²) in [6.45, 7) is 0.560. The summed E-state index contributed by atoms with van der Waals surface area (Å²) in [6, 6.07) is 5.58. The molecule has 0 fully saturated rings. The van der Waals surface area contributed by atoms with Gasteiger partial charge in [0.15, 0.2) is 6.61 Å². The molecule has 0 aliphatic carbocycles. The number of methoxy groups -OCH3 is 1. The highest BCUT2D eigenvalue weighted by molar-refractivity contribution is 5.84. The summed E-state index contributed by atoms with van der Waals surface area (Å²) in [5, 5.41) is 7.30. The number of halogens is 3. The Morgan fingerprint density at radius 3 is 2.63 bits per heavy atom. The largest absolute Gasteiger partial charge is 0.494 e. The second-order valence-corrected chi connectivity index (χ2v) is 6.07. The van der Waals surface area contributed by atoms with E-state index >= 15 is 0 Å². The van der Waals surface area contributed by atoms with Crippen LogP contribution in [0.25, 0.3) is 11.0 Å². The standard InChI is InChI=1S/C17H20F3N5O2/c1-10-11(15(25(3)23-10)27-9-17(18,19)20)8-21-16-22-14-12(24(16)2)6-5-7-13(14)26-4/h5-7H,8-9H2,1-4H3,(H,21,22). The predicted octanol–water partition coefficient (Wildman–Crippen LogP) is 3.18. The van der Waals surface area contributed by atoms with E-state index in [1.54, 1.807) is 21.1 Å². The van der Waals surface area contributed by atoms with Crippen molar-refractivity contribution in [3.8, 4) is 11.6 Å². The van der Waals surface area contributed by atoms with Crippen LogP contribution in [-0.2, 0) is 20.6 Å². The van der Waals surface area contributed by atoms with Gasteiger partial charge in [-0.1, -0.05) is 6.07 Å². The van der Waals surface area contributed by atoms with Crippen molar-refractivity contribution >= 4 is 17.0 Å². The third-order valence-electron chi connectivity index (χ3n) is 4.18. The Kier molecular flexibility index (Phi) is 4.90. The molecule has 27 heavy (non-hydrogen) atoms. The molecule has 0 saturated heterocycles. The minimum atomic E-state index is -4.42. The number of imidazole rings is 1. The third-order valence-corrected chi connectivity index (χ3v) is 4.18. The molecule has 3 rings (SSSR count). The number of alkyl halides is 3. The molecule has 0 aliphatic rings. The van der Waals surface area contributed by atoms with E-state index in [9.17, 15) is 13.2 Å². The molecule has 0 bridgehead atoms. The molecular formula is C17H20F3N5O2. The van der Waals surface area contributed by atoms with Gasteiger partial charge < -0.3 is 19.4 Å². The SMILES string of the molecule is COc1cccc2c1nc(NCc1c(C)nn(C)c1OCC(F)(F)F)n2C. The lowest BCUT2D eigenvalue weighted by molar-refractivity contribution is -0.154. The minimum absolute atomic E-state index is 0.0775. The van der Waals surface area contributed by atoms with Crippen LogP contribution in [0.4, 0.5) is 19.1 Å². The van der Waals surface area contributed by atoms with E-state index in [1.165, 1.54) is 4.68 Å². The number of ether oxygens (including phenoxy) is 2. The zero-order valence-electron chi connectivity index (χ0n) is 15.4. The van der Waals surface area contributed by atoms with Crippen LogP contribution in [0, 0.1) is 6.92 Å². The van der Waals surface area contributed by atoms with Crippen LogP contribution in [0.3, 0.4) is 0 Å². The molecule has 0 amide bonds. The van der Waals surface area contributed by atoms with Crippen LogP contribution < -0.4 is 14.8 Å². The molecule has 3 aromatic rings.